The number of imide groups is 1. The number of rotatable bonds is 5. The number of benzene rings is 2. The van der Waals surface area contributed by atoms with E-state index in [1.165, 1.54) is 0 Å². The SMILES string of the molecule is CC1(C)C(C(=O)N(Cc2ccccc2Cl)C2CC(=O)N(c3ccc(Cl)cc3)C2=O)C1(C)C. The van der Waals surface area contributed by atoms with Crippen molar-refractivity contribution in [1.29, 1.82) is 0 Å². The van der Waals surface area contributed by atoms with Crippen LogP contribution in [0.2, 0.25) is 10.0 Å². The van der Waals surface area contributed by atoms with Crippen molar-refractivity contribution in [3.05, 3.63) is 64.1 Å². The molecule has 1 saturated heterocycles. The summed E-state index contributed by atoms with van der Waals surface area (Å²) >= 11 is 12.3. The molecule has 0 radical (unpaired) electrons. The molecule has 1 aliphatic heterocycles. The Labute approximate surface area is 198 Å². The van der Waals surface area contributed by atoms with E-state index in [1.807, 2.05) is 18.2 Å². The van der Waals surface area contributed by atoms with Gasteiger partial charge in [0, 0.05) is 22.5 Å². The predicted octanol–water partition coefficient (Wildman–Crippen LogP) is 5.34. The second-order valence-electron chi connectivity index (χ2n) is 9.70. The summed E-state index contributed by atoms with van der Waals surface area (Å²) in [6.07, 6.45) is -0.0643. The lowest BCUT2D eigenvalue weighted by Crippen LogP contribution is -2.46. The van der Waals surface area contributed by atoms with Gasteiger partial charge in [-0.1, -0.05) is 69.1 Å². The van der Waals surface area contributed by atoms with Crippen LogP contribution in [-0.4, -0.2) is 28.7 Å². The maximum absolute atomic E-state index is 13.8. The van der Waals surface area contributed by atoms with Crippen molar-refractivity contribution in [2.45, 2.75) is 46.7 Å². The summed E-state index contributed by atoms with van der Waals surface area (Å²) in [6.45, 7) is 8.41. The minimum absolute atomic E-state index is 0.0643. The number of carbonyl (C=O) groups excluding carboxylic acids is 3. The monoisotopic (exact) mass is 472 g/mol. The van der Waals surface area contributed by atoms with Crippen molar-refractivity contribution < 1.29 is 14.4 Å². The molecule has 0 spiro atoms. The molecule has 2 aromatic rings. The molecule has 7 heteroatoms. The van der Waals surface area contributed by atoms with Gasteiger partial charge >= 0.3 is 0 Å². The highest BCUT2D eigenvalue weighted by atomic mass is 35.5. The Balaban J connectivity index is 1.69. The van der Waals surface area contributed by atoms with Crippen LogP contribution >= 0.6 is 23.2 Å². The van der Waals surface area contributed by atoms with Gasteiger partial charge in [-0.3, -0.25) is 14.4 Å². The molecule has 168 valence electrons. The van der Waals surface area contributed by atoms with Crippen molar-refractivity contribution in [3.8, 4) is 0 Å². The van der Waals surface area contributed by atoms with Gasteiger partial charge in [0.25, 0.3) is 5.91 Å². The van der Waals surface area contributed by atoms with E-state index in [-0.39, 0.29) is 41.5 Å². The number of nitrogens with zero attached hydrogens (tertiary/aromatic N) is 2. The van der Waals surface area contributed by atoms with Crippen LogP contribution in [0, 0.1) is 16.7 Å². The van der Waals surface area contributed by atoms with Crippen molar-refractivity contribution in [2.24, 2.45) is 16.7 Å². The van der Waals surface area contributed by atoms with E-state index in [0.717, 1.165) is 10.5 Å². The van der Waals surface area contributed by atoms with Crippen LogP contribution in [0.4, 0.5) is 5.69 Å². The summed E-state index contributed by atoms with van der Waals surface area (Å²) in [5.41, 5.74) is 0.780. The fourth-order valence-electron chi connectivity index (χ4n) is 4.85. The molecular formula is C25H26Cl2N2O3. The van der Waals surface area contributed by atoms with Crippen molar-refractivity contribution >= 4 is 46.6 Å². The number of amides is 3. The van der Waals surface area contributed by atoms with Gasteiger partial charge in [-0.25, -0.2) is 4.90 Å². The molecule has 1 heterocycles. The fourth-order valence-corrected chi connectivity index (χ4v) is 5.17. The molecule has 0 N–H and O–H groups in total. The average Bonchev–Trinajstić information content (AvgIpc) is 2.96. The molecule has 0 aromatic heterocycles. The first-order chi connectivity index (χ1) is 15.0. The highest BCUT2D eigenvalue weighted by Gasteiger charge is 2.69. The first-order valence-corrected chi connectivity index (χ1v) is 11.4. The molecule has 5 nitrogen and oxygen atoms in total. The smallest absolute Gasteiger partial charge is 0.257 e. The summed E-state index contributed by atoms with van der Waals surface area (Å²) in [5, 5.41) is 1.03. The Morgan fingerprint density at radius 1 is 1.00 bits per heavy atom. The summed E-state index contributed by atoms with van der Waals surface area (Å²) < 4.78 is 0. The third-order valence-corrected chi connectivity index (χ3v) is 8.05. The minimum Gasteiger partial charge on any atom is -0.325 e. The number of halogens is 2. The van der Waals surface area contributed by atoms with E-state index in [9.17, 15) is 14.4 Å². The third-order valence-electron chi connectivity index (χ3n) is 7.43. The van der Waals surface area contributed by atoms with Crippen LogP contribution in [0.5, 0.6) is 0 Å². The highest BCUT2D eigenvalue weighted by molar-refractivity contribution is 6.31. The lowest BCUT2D eigenvalue weighted by atomic mass is 10.0. The van der Waals surface area contributed by atoms with E-state index >= 15 is 0 Å². The Morgan fingerprint density at radius 3 is 2.16 bits per heavy atom. The fraction of sp³-hybridized carbons (Fsp3) is 0.400. The van der Waals surface area contributed by atoms with Gasteiger partial charge in [0.05, 0.1) is 12.1 Å². The topological polar surface area (TPSA) is 57.7 Å². The van der Waals surface area contributed by atoms with Crippen LogP contribution in [0.15, 0.2) is 48.5 Å². The second kappa shape index (κ2) is 7.89. The lowest BCUT2D eigenvalue weighted by molar-refractivity contribution is -0.141. The lowest BCUT2D eigenvalue weighted by Gasteiger charge is -2.29. The normalized spacial score (nSPS) is 21.7. The number of anilines is 1. The summed E-state index contributed by atoms with van der Waals surface area (Å²) in [5.74, 6) is -1.11. The van der Waals surface area contributed by atoms with Gasteiger partial charge in [-0.05, 0) is 46.7 Å². The molecular weight excluding hydrogens is 447 g/mol. The van der Waals surface area contributed by atoms with E-state index < -0.39 is 11.9 Å². The molecule has 1 atom stereocenters. The van der Waals surface area contributed by atoms with E-state index in [4.69, 9.17) is 23.2 Å². The zero-order valence-corrected chi connectivity index (χ0v) is 20.1. The number of carbonyl (C=O) groups is 3. The molecule has 2 fully saturated rings. The van der Waals surface area contributed by atoms with Gasteiger partial charge in [-0.2, -0.15) is 0 Å². The van der Waals surface area contributed by atoms with E-state index in [1.54, 1.807) is 35.2 Å². The Morgan fingerprint density at radius 2 is 1.59 bits per heavy atom. The second-order valence-corrected chi connectivity index (χ2v) is 10.5. The van der Waals surface area contributed by atoms with Crippen LogP contribution in [0.25, 0.3) is 0 Å². The molecule has 1 aliphatic carbocycles. The Kier molecular flexibility index (Phi) is 5.62. The molecule has 2 aromatic carbocycles. The molecule has 1 unspecified atom stereocenters. The average molecular weight is 473 g/mol. The maximum atomic E-state index is 13.8. The predicted molar refractivity (Wildman–Crippen MR) is 125 cm³/mol. The van der Waals surface area contributed by atoms with Gasteiger partial charge in [0.1, 0.15) is 6.04 Å². The largest absolute Gasteiger partial charge is 0.325 e. The number of hydrogen-bond donors (Lipinski definition) is 0. The van der Waals surface area contributed by atoms with Gasteiger partial charge in [-0.15, -0.1) is 0 Å². The Bertz CT molecular complexity index is 1080. The minimum atomic E-state index is -0.880. The Hall–Kier alpha value is -2.37. The zero-order valence-electron chi connectivity index (χ0n) is 18.6. The van der Waals surface area contributed by atoms with Gasteiger partial charge < -0.3 is 4.90 Å². The van der Waals surface area contributed by atoms with Crippen molar-refractivity contribution in [1.82, 2.24) is 4.90 Å². The van der Waals surface area contributed by atoms with E-state index in [0.29, 0.717) is 15.7 Å². The van der Waals surface area contributed by atoms with Crippen molar-refractivity contribution in [2.75, 3.05) is 4.90 Å². The molecule has 1 saturated carbocycles. The van der Waals surface area contributed by atoms with Crippen LogP contribution in [0.1, 0.15) is 39.7 Å². The van der Waals surface area contributed by atoms with Crippen LogP contribution in [0.3, 0.4) is 0 Å². The zero-order chi connectivity index (χ0) is 23.4. The number of hydrogen-bond acceptors (Lipinski definition) is 3. The van der Waals surface area contributed by atoms with Gasteiger partial charge in [0.15, 0.2) is 0 Å². The standard InChI is InChI=1S/C25H26Cl2N2O3/c1-24(2)21(25(24,3)4)23(32)28(14-15-7-5-6-8-18(15)27)19-13-20(30)29(22(19)31)17-11-9-16(26)10-12-17/h5-12,19,21H,13-14H2,1-4H3. The quantitative estimate of drug-likeness (QED) is 0.552. The molecule has 4 rings (SSSR count). The summed E-state index contributed by atoms with van der Waals surface area (Å²) in [4.78, 5) is 42.8. The van der Waals surface area contributed by atoms with Crippen molar-refractivity contribution in [3.63, 3.8) is 0 Å². The van der Waals surface area contributed by atoms with E-state index in [2.05, 4.69) is 27.7 Å². The van der Waals surface area contributed by atoms with Gasteiger partial charge in [0.2, 0.25) is 11.8 Å². The molecule has 32 heavy (non-hydrogen) atoms. The molecule has 3 amide bonds. The highest BCUT2D eigenvalue weighted by Crippen LogP contribution is 2.69. The molecule has 0 bridgehead atoms. The third kappa shape index (κ3) is 3.61. The van der Waals surface area contributed by atoms with Crippen LogP contribution in [-0.2, 0) is 20.9 Å². The molecule has 2 aliphatic rings. The first kappa shape index (κ1) is 22.8. The first-order valence-electron chi connectivity index (χ1n) is 10.6. The summed E-state index contributed by atoms with van der Waals surface area (Å²) in [7, 11) is 0. The van der Waals surface area contributed by atoms with Crippen LogP contribution < -0.4 is 4.90 Å². The maximum Gasteiger partial charge on any atom is 0.257 e. The summed E-state index contributed by atoms with van der Waals surface area (Å²) in [6, 6.07) is 12.9.